The first kappa shape index (κ1) is 25.8. The van der Waals surface area contributed by atoms with E-state index in [0.29, 0.717) is 0 Å². The molecule has 0 aliphatic heterocycles. The second-order valence-corrected chi connectivity index (χ2v) is 23.4. The molecule has 0 heterocycles. The van der Waals surface area contributed by atoms with Gasteiger partial charge in [0.25, 0.3) is 0 Å². The molecule has 2 aliphatic carbocycles. The van der Waals surface area contributed by atoms with Crippen LogP contribution in [0.2, 0.25) is 13.1 Å². The summed E-state index contributed by atoms with van der Waals surface area (Å²) in [4.78, 5) is 0. The zero-order valence-electron chi connectivity index (χ0n) is 14.2. The number of rotatable bonds is 0. The molecule has 4 heteroatoms. The first-order chi connectivity index (χ1) is 10.1. The molecule has 0 unspecified atom stereocenters. The molecule has 120 valence electrons. The van der Waals surface area contributed by atoms with Gasteiger partial charge < -0.3 is 10.2 Å². The Morgan fingerprint density at radius 3 is 1.33 bits per heavy atom. The molecule has 0 atom stereocenters. The van der Waals surface area contributed by atoms with Crippen LogP contribution in [-0.2, 0) is 21.0 Å². The SMILES string of the molecule is C[C](C)=[Hf]=[Si](C)C.C[O-].C[O-].[C-]1=CC=CC1.[C-]1=CC=CC1. The predicted molar refractivity (Wildman–Crippen MR) is 88.8 cm³/mol. The van der Waals surface area contributed by atoms with Crippen molar-refractivity contribution in [2.45, 2.75) is 39.8 Å². The summed E-state index contributed by atoms with van der Waals surface area (Å²) in [7, 11) is 1.50. The van der Waals surface area contributed by atoms with E-state index in [0.717, 1.165) is 27.1 Å². The van der Waals surface area contributed by atoms with Crippen molar-refractivity contribution in [1.82, 2.24) is 0 Å². The molecule has 0 bridgehead atoms. The van der Waals surface area contributed by atoms with Crippen LogP contribution in [0.1, 0.15) is 26.7 Å². The van der Waals surface area contributed by atoms with Crippen molar-refractivity contribution < 1.29 is 31.3 Å². The smallest absolute Gasteiger partial charge is 0.109 e. The molecule has 0 spiro atoms. The average Bonchev–Trinajstić information content (AvgIpc) is 3.20. The number of allylic oxidation sites excluding steroid dienone is 8. The van der Waals surface area contributed by atoms with Crippen LogP contribution in [0, 0.1) is 12.2 Å². The van der Waals surface area contributed by atoms with Crippen LogP contribution in [0.25, 0.3) is 0 Å². The summed E-state index contributed by atoms with van der Waals surface area (Å²) >= 11 is -0.133. The first-order valence-corrected chi connectivity index (χ1v) is 16.4. The molecule has 0 radical (unpaired) electrons. The standard InChI is InChI=1S/2C5H5.C3H6.C2H6Si.2CH3O.Hf/c2*1-2-4-5-3-1;2*1-3-2;2*1-2;/h2*1-3H,4H2;2*1-2H3;2*1H3;/q2*-1;;;2*-1;. The van der Waals surface area contributed by atoms with E-state index in [1.165, 1.54) is 0 Å². The molecule has 0 fully saturated rings. The van der Waals surface area contributed by atoms with Crippen molar-refractivity contribution in [3.05, 3.63) is 48.6 Å². The van der Waals surface area contributed by atoms with Crippen molar-refractivity contribution >= 4 is 8.75 Å². The third-order valence-corrected chi connectivity index (χ3v) is 13.4. The Bertz CT molecular complexity index is 326. The molecular formula is C17H28HfO2Si-4. The van der Waals surface area contributed by atoms with Gasteiger partial charge in [-0.25, -0.2) is 24.3 Å². The maximum Gasteiger partial charge on any atom is -0.109 e. The average molecular weight is 471 g/mol. The van der Waals surface area contributed by atoms with E-state index >= 15 is 0 Å². The van der Waals surface area contributed by atoms with Crippen LogP contribution >= 0.6 is 0 Å². The first-order valence-electron chi connectivity index (χ1n) is 6.75. The molecule has 0 aromatic heterocycles. The minimum atomic E-state index is -0.133. The van der Waals surface area contributed by atoms with E-state index in [1.807, 2.05) is 24.3 Å². The maximum absolute atomic E-state index is 8.25. The van der Waals surface area contributed by atoms with Crippen molar-refractivity contribution in [2.75, 3.05) is 14.2 Å². The van der Waals surface area contributed by atoms with Crippen molar-refractivity contribution in [1.29, 1.82) is 0 Å². The number of hydrogen-bond donors (Lipinski definition) is 0. The van der Waals surface area contributed by atoms with Gasteiger partial charge in [0.05, 0.1) is 0 Å². The minimum absolute atomic E-state index is 0.133. The zero-order chi connectivity index (χ0) is 16.9. The van der Waals surface area contributed by atoms with Crippen molar-refractivity contribution in [3.63, 3.8) is 0 Å². The summed E-state index contributed by atoms with van der Waals surface area (Å²) < 4.78 is 1.78. The summed E-state index contributed by atoms with van der Waals surface area (Å²) in [6, 6.07) is 0. The third-order valence-electron chi connectivity index (χ3n) is 1.67. The van der Waals surface area contributed by atoms with Gasteiger partial charge in [-0.2, -0.15) is 26.4 Å². The fourth-order valence-electron chi connectivity index (χ4n) is 1.18. The molecule has 0 amide bonds. The Hall–Kier alpha value is -0.163. The van der Waals surface area contributed by atoms with Gasteiger partial charge in [0.15, 0.2) is 0 Å². The van der Waals surface area contributed by atoms with E-state index in [2.05, 4.69) is 51.2 Å². The Balaban J connectivity index is -0.000000209. The molecule has 0 N–H and O–H groups in total. The summed E-state index contributed by atoms with van der Waals surface area (Å²) in [5.41, 5.74) is 0.223. The third kappa shape index (κ3) is 33.0. The monoisotopic (exact) mass is 472 g/mol. The van der Waals surface area contributed by atoms with Gasteiger partial charge in [-0.15, -0.1) is 12.8 Å². The topological polar surface area (TPSA) is 46.1 Å². The molecule has 0 aromatic rings. The van der Waals surface area contributed by atoms with Crippen LogP contribution in [0.15, 0.2) is 36.5 Å². The van der Waals surface area contributed by atoms with Crippen LogP contribution in [0.4, 0.5) is 0 Å². The quantitative estimate of drug-likeness (QED) is 0.402. The van der Waals surface area contributed by atoms with E-state index in [1.54, 1.807) is 3.26 Å². The zero-order valence-corrected chi connectivity index (χ0v) is 18.8. The van der Waals surface area contributed by atoms with Gasteiger partial charge in [0, 0.05) is 0 Å². The van der Waals surface area contributed by atoms with Gasteiger partial charge in [0.1, 0.15) is 0 Å². The van der Waals surface area contributed by atoms with Gasteiger partial charge in [-0.3, -0.25) is 12.2 Å². The second-order valence-electron chi connectivity index (χ2n) is 4.13. The van der Waals surface area contributed by atoms with E-state index in [9.17, 15) is 0 Å². The summed E-state index contributed by atoms with van der Waals surface area (Å²) in [5.74, 6) is 0. The van der Waals surface area contributed by atoms with Crippen molar-refractivity contribution in [3.8, 4) is 0 Å². The molecule has 2 nitrogen and oxygen atoms in total. The Morgan fingerprint density at radius 1 is 0.905 bits per heavy atom. The maximum atomic E-state index is 8.25. The Morgan fingerprint density at radius 2 is 1.29 bits per heavy atom. The molecule has 0 saturated heterocycles. The van der Waals surface area contributed by atoms with Gasteiger partial charge in [-0.05, 0) is 0 Å². The van der Waals surface area contributed by atoms with Crippen LogP contribution < -0.4 is 10.2 Å². The fraction of sp³-hybridized carbons (Fsp3) is 0.471. The van der Waals surface area contributed by atoms with Crippen LogP contribution in [0.3, 0.4) is 0 Å². The van der Waals surface area contributed by atoms with Crippen LogP contribution in [-0.4, -0.2) is 23.0 Å². The predicted octanol–water partition coefficient (Wildman–Crippen LogP) is 2.10. The molecule has 21 heavy (non-hydrogen) atoms. The normalized spacial score (nSPS) is 11.4. The Kier molecular flexibility index (Phi) is 30.5. The van der Waals surface area contributed by atoms with E-state index in [-0.39, 0.29) is 26.5 Å². The molecule has 0 saturated carbocycles. The van der Waals surface area contributed by atoms with Gasteiger partial charge in [0.2, 0.25) is 0 Å². The molecule has 0 aromatic carbocycles. The summed E-state index contributed by atoms with van der Waals surface area (Å²) in [6.07, 6.45) is 20.0. The molecular weight excluding hydrogens is 443 g/mol. The Labute approximate surface area is 142 Å². The van der Waals surface area contributed by atoms with Gasteiger partial charge in [-0.1, -0.05) is 0 Å². The van der Waals surface area contributed by atoms with Gasteiger partial charge >= 0.3 is 56.7 Å². The number of hydrogen-bond acceptors (Lipinski definition) is 2. The summed E-state index contributed by atoms with van der Waals surface area (Å²) in [5, 5.41) is 16.5. The fourth-order valence-corrected chi connectivity index (χ4v) is 13.0. The summed E-state index contributed by atoms with van der Waals surface area (Å²) in [6.45, 7) is 9.45. The molecule has 2 rings (SSSR count). The van der Waals surface area contributed by atoms with Crippen LogP contribution in [0.5, 0.6) is 0 Å². The molecule has 2 aliphatic rings. The minimum Gasteiger partial charge on any atom is -0.857 e. The second kappa shape index (κ2) is 24.8. The van der Waals surface area contributed by atoms with E-state index in [4.69, 9.17) is 10.2 Å². The van der Waals surface area contributed by atoms with Crippen molar-refractivity contribution in [2.24, 2.45) is 0 Å². The largest absolute Gasteiger partial charge is 0.857 e. The van der Waals surface area contributed by atoms with E-state index < -0.39 is 0 Å².